The highest BCUT2D eigenvalue weighted by Gasteiger charge is 2.13. The van der Waals surface area contributed by atoms with Gasteiger partial charge in [0, 0.05) is 25.4 Å². The monoisotopic (exact) mass is 205 g/mol. The topological polar surface area (TPSA) is 61.7 Å². The zero-order valence-corrected chi connectivity index (χ0v) is 9.23. The Bertz CT molecular complexity index is 480. The summed E-state index contributed by atoms with van der Waals surface area (Å²) in [6.45, 7) is 4.83. The summed E-state index contributed by atoms with van der Waals surface area (Å²) in [4.78, 5) is 4.32. The van der Waals surface area contributed by atoms with E-state index in [0.29, 0.717) is 5.82 Å². The molecule has 0 aliphatic heterocycles. The van der Waals surface area contributed by atoms with E-state index in [0.717, 1.165) is 23.5 Å². The summed E-state index contributed by atoms with van der Waals surface area (Å²) in [6, 6.07) is 0. The van der Waals surface area contributed by atoms with Gasteiger partial charge < -0.3 is 10.3 Å². The van der Waals surface area contributed by atoms with E-state index in [1.54, 1.807) is 11.0 Å². The number of aryl methyl sites for hydroxylation is 3. The van der Waals surface area contributed by atoms with Crippen molar-refractivity contribution < 1.29 is 0 Å². The number of nitrogen functional groups attached to an aromatic ring is 1. The SMILES string of the molecule is CCn1cnc(-c2cn(C)nc2C)c1N. The lowest BCUT2D eigenvalue weighted by molar-refractivity contribution is 0.756. The highest BCUT2D eigenvalue weighted by Crippen LogP contribution is 2.26. The molecule has 2 aromatic rings. The van der Waals surface area contributed by atoms with E-state index in [1.165, 1.54) is 0 Å². The maximum atomic E-state index is 5.99. The molecule has 0 aliphatic rings. The Labute approximate surface area is 88.5 Å². The third-order valence-electron chi connectivity index (χ3n) is 2.49. The van der Waals surface area contributed by atoms with Crippen LogP contribution in [0.15, 0.2) is 12.5 Å². The van der Waals surface area contributed by atoms with E-state index in [-0.39, 0.29) is 0 Å². The molecule has 2 heterocycles. The average Bonchev–Trinajstić information content (AvgIpc) is 2.69. The van der Waals surface area contributed by atoms with Gasteiger partial charge in [-0.2, -0.15) is 5.10 Å². The number of imidazole rings is 1. The van der Waals surface area contributed by atoms with Crippen LogP contribution in [0.3, 0.4) is 0 Å². The summed E-state index contributed by atoms with van der Waals surface area (Å²) in [5.74, 6) is 0.702. The number of aromatic nitrogens is 4. The number of hydrogen-bond acceptors (Lipinski definition) is 3. The molecule has 5 heteroatoms. The summed E-state index contributed by atoms with van der Waals surface area (Å²) in [7, 11) is 1.89. The van der Waals surface area contributed by atoms with Crippen LogP contribution in [-0.2, 0) is 13.6 Å². The third-order valence-corrected chi connectivity index (χ3v) is 2.49. The van der Waals surface area contributed by atoms with E-state index < -0.39 is 0 Å². The second-order valence-electron chi connectivity index (χ2n) is 3.57. The Hall–Kier alpha value is -1.78. The lowest BCUT2D eigenvalue weighted by Crippen LogP contribution is -1.99. The largest absolute Gasteiger partial charge is 0.383 e. The first-order valence-corrected chi connectivity index (χ1v) is 4.94. The van der Waals surface area contributed by atoms with Crippen LogP contribution in [-0.4, -0.2) is 19.3 Å². The molecule has 15 heavy (non-hydrogen) atoms. The lowest BCUT2D eigenvalue weighted by atomic mass is 10.2. The van der Waals surface area contributed by atoms with Crippen LogP contribution in [0.1, 0.15) is 12.6 Å². The average molecular weight is 205 g/mol. The Morgan fingerprint density at radius 2 is 2.20 bits per heavy atom. The molecule has 2 rings (SSSR count). The van der Waals surface area contributed by atoms with Crippen LogP contribution in [0.2, 0.25) is 0 Å². The summed E-state index contributed by atoms with van der Waals surface area (Å²) in [5.41, 5.74) is 8.76. The molecule has 0 saturated carbocycles. The molecular formula is C10H15N5. The van der Waals surface area contributed by atoms with Crippen LogP contribution >= 0.6 is 0 Å². The van der Waals surface area contributed by atoms with Gasteiger partial charge in [0.25, 0.3) is 0 Å². The van der Waals surface area contributed by atoms with Gasteiger partial charge in [0.2, 0.25) is 0 Å². The van der Waals surface area contributed by atoms with E-state index in [9.17, 15) is 0 Å². The molecule has 0 aliphatic carbocycles. The first kappa shape index (κ1) is 9.76. The first-order chi connectivity index (χ1) is 7.13. The van der Waals surface area contributed by atoms with Crippen molar-refractivity contribution in [3.05, 3.63) is 18.2 Å². The summed E-state index contributed by atoms with van der Waals surface area (Å²) in [5, 5.41) is 4.28. The molecule has 0 amide bonds. The molecule has 0 saturated heterocycles. The Morgan fingerprint density at radius 1 is 1.47 bits per heavy atom. The molecule has 0 spiro atoms. The predicted octanol–water partition coefficient (Wildman–Crippen LogP) is 1.19. The Kier molecular flexibility index (Phi) is 2.22. The fourth-order valence-corrected chi connectivity index (χ4v) is 1.68. The molecule has 5 nitrogen and oxygen atoms in total. The zero-order chi connectivity index (χ0) is 11.0. The molecular weight excluding hydrogens is 190 g/mol. The Morgan fingerprint density at radius 3 is 2.67 bits per heavy atom. The number of nitrogens with two attached hydrogens (primary N) is 1. The fraction of sp³-hybridized carbons (Fsp3) is 0.400. The van der Waals surface area contributed by atoms with Crippen molar-refractivity contribution >= 4 is 5.82 Å². The third kappa shape index (κ3) is 1.49. The van der Waals surface area contributed by atoms with E-state index >= 15 is 0 Å². The zero-order valence-electron chi connectivity index (χ0n) is 9.23. The van der Waals surface area contributed by atoms with E-state index in [4.69, 9.17) is 5.73 Å². The number of hydrogen-bond donors (Lipinski definition) is 1. The summed E-state index contributed by atoms with van der Waals surface area (Å²) >= 11 is 0. The maximum absolute atomic E-state index is 5.99. The van der Waals surface area contributed by atoms with E-state index in [2.05, 4.69) is 10.1 Å². The van der Waals surface area contributed by atoms with Crippen molar-refractivity contribution in [3.8, 4) is 11.3 Å². The second kappa shape index (κ2) is 3.42. The molecule has 0 bridgehead atoms. The second-order valence-corrected chi connectivity index (χ2v) is 3.57. The van der Waals surface area contributed by atoms with Gasteiger partial charge in [0.15, 0.2) is 0 Å². The highest BCUT2D eigenvalue weighted by atomic mass is 15.3. The molecule has 80 valence electrons. The molecule has 0 fully saturated rings. The van der Waals surface area contributed by atoms with Gasteiger partial charge in [0.05, 0.1) is 12.0 Å². The van der Waals surface area contributed by atoms with Crippen LogP contribution < -0.4 is 5.73 Å². The van der Waals surface area contributed by atoms with Gasteiger partial charge >= 0.3 is 0 Å². The molecule has 0 aromatic carbocycles. The van der Waals surface area contributed by atoms with Crippen LogP contribution in [0.4, 0.5) is 5.82 Å². The van der Waals surface area contributed by atoms with Crippen LogP contribution in [0.5, 0.6) is 0 Å². The number of nitrogens with zero attached hydrogens (tertiary/aromatic N) is 4. The minimum absolute atomic E-state index is 0.702. The van der Waals surface area contributed by atoms with Crippen molar-refractivity contribution in [1.29, 1.82) is 0 Å². The number of rotatable bonds is 2. The minimum atomic E-state index is 0.702. The fourth-order valence-electron chi connectivity index (χ4n) is 1.68. The van der Waals surface area contributed by atoms with Gasteiger partial charge in [-0.3, -0.25) is 4.68 Å². The highest BCUT2D eigenvalue weighted by molar-refractivity contribution is 5.71. The normalized spacial score (nSPS) is 10.9. The van der Waals surface area contributed by atoms with E-state index in [1.807, 2.05) is 31.7 Å². The standard InChI is InChI=1S/C10H15N5/c1-4-15-6-12-9(10(15)11)8-5-14(3)13-7(8)2/h5-6H,4,11H2,1-3H3. The molecule has 2 N–H and O–H groups in total. The Balaban J connectivity index is 2.54. The summed E-state index contributed by atoms with van der Waals surface area (Å²) < 4.78 is 3.69. The van der Waals surface area contributed by atoms with Crippen molar-refractivity contribution in [3.63, 3.8) is 0 Å². The van der Waals surface area contributed by atoms with Gasteiger partial charge in [-0.25, -0.2) is 4.98 Å². The van der Waals surface area contributed by atoms with Crippen molar-refractivity contribution in [2.75, 3.05) is 5.73 Å². The van der Waals surface area contributed by atoms with Crippen LogP contribution in [0.25, 0.3) is 11.3 Å². The maximum Gasteiger partial charge on any atom is 0.131 e. The van der Waals surface area contributed by atoms with Crippen molar-refractivity contribution in [2.45, 2.75) is 20.4 Å². The molecule has 2 aromatic heterocycles. The quantitative estimate of drug-likeness (QED) is 0.801. The van der Waals surface area contributed by atoms with Crippen molar-refractivity contribution in [2.24, 2.45) is 7.05 Å². The van der Waals surface area contributed by atoms with Crippen LogP contribution in [0, 0.1) is 6.92 Å². The smallest absolute Gasteiger partial charge is 0.131 e. The van der Waals surface area contributed by atoms with Gasteiger partial charge in [0.1, 0.15) is 11.5 Å². The minimum Gasteiger partial charge on any atom is -0.383 e. The number of anilines is 1. The van der Waals surface area contributed by atoms with Gasteiger partial charge in [-0.1, -0.05) is 0 Å². The molecule has 0 radical (unpaired) electrons. The predicted molar refractivity (Wildman–Crippen MR) is 59.3 cm³/mol. The first-order valence-electron chi connectivity index (χ1n) is 4.94. The lowest BCUT2D eigenvalue weighted by Gasteiger charge is -2.00. The molecule has 0 unspecified atom stereocenters. The molecule has 0 atom stereocenters. The van der Waals surface area contributed by atoms with Crippen molar-refractivity contribution in [1.82, 2.24) is 19.3 Å². The van der Waals surface area contributed by atoms with Gasteiger partial charge in [-0.15, -0.1) is 0 Å². The van der Waals surface area contributed by atoms with Gasteiger partial charge in [-0.05, 0) is 13.8 Å². The summed E-state index contributed by atoms with van der Waals surface area (Å²) in [6.07, 6.45) is 3.70.